The van der Waals surface area contributed by atoms with Crippen LogP contribution in [-0.2, 0) is 10.2 Å². The zero-order chi connectivity index (χ0) is 28.5. The van der Waals surface area contributed by atoms with Gasteiger partial charge in [0.2, 0.25) is 11.9 Å². The summed E-state index contributed by atoms with van der Waals surface area (Å²) in [5, 5.41) is 13.4. The molecule has 0 saturated heterocycles. The lowest BCUT2D eigenvalue weighted by Crippen LogP contribution is -2.26. The number of tetrazole rings is 1. The molecule has 1 spiro atoms. The van der Waals surface area contributed by atoms with Crippen LogP contribution >= 0.6 is 11.6 Å². The first-order valence-electron chi connectivity index (χ1n) is 12.6. The van der Waals surface area contributed by atoms with Crippen molar-refractivity contribution in [2.24, 2.45) is 0 Å². The lowest BCUT2D eigenvalue weighted by molar-refractivity contribution is -0.114. The van der Waals surface area contributed by atoms with Gasteiger partial charge in [-0.05, 0) is 54.0 Å². The number of nitrogens with zero attached hydrogens (tertiary/aromatic N) is 8. The number of fused-ring (bicyclic) bond motifs is 2. The van der Waals surface area contributed by atoms with Crippen LogP contribution in [0.1, 0.15) is 43.9 Å². The molecular weight excluding hydrogens is 558 g/mol. The number of aromatic amines is 1. The number of nitrogens with one attached hydrogen (secondary N) is 2. The molecule has 2 aliphatic rings. The van der Waals surface area contributed by atoms with Gasteiger partial charge in [-0.3, -0.25) is 14.2 Å². The third-order valence-corrected chi connectivity index (χ3v) is 7.75. The number of benzene rings is 1. The number of anilines is 1. The normalized spacial score (nSPS) is 16.6. The number of amides is 1. The summed E-state index contributed by atoms with van der Waals surface area (Å²) >= 11 is 6.11. The zero-order valence-electron chi connectivity index (χ0n) is 21.3. The fraction of sp³-hybridized carbons (Fsp3) is 0.231. The molecule has 1 aliphatic carbocycles. The molecule has 1 amide bonds. The smallest absolute Gasteiger partial charge is 0.254 e. The van der Waals surface area contributed by atoms with Crippen molar-refractivity contribution in [3.8, 4) is 28.2 Å². The van der Waals surface area contributed by atoms with E-state index in [9.17, 15) is 14.0 Å². The van der Waals surface area contributed by atoms with Crippen molar-refractivity contribution in [3.05, 3.63) is 81.6 Å². The van der Waals surface area contributed by atoms with Gasteiger partial charge in [0.15, 0.2) is 5.82 Å². The third kappa shape index (κ3) is 4.09. The lowest BCUT2D eigenvalue weighted by Gasteiger charge is -2.15. The molecule has 7 rings (SSSR count). The summed E-state index contributed by atoms with van der Waals surface area (Å²) in [6, 6.07) is 6.68. The molecule has 0 radical (unpaired) electrons. The SMILES string of the molecule is CC(=O)Nc1ccc(-c2cnc(C3CC4(CC4)c4nc(-c5c(-n6cnnn6)ccc(Cl)c5F)cc(=O)n43)[nH]2)c(F)n1. The van der Waals surface area contributed by atoms with E-state index in [2.05, 4.69) is 35.8 Å². The first-order chi connectivity index (χ1) is 19.7. The molecule has 1 aliphatic heterocycles. The second-order valence-electron chi connectivity index (χ2n) is 10.1. The molecule has 206 valence electrons. The van der Waals surface area contributed by atoms with Gasteiger partial charge >= 0.3 is 0 Å². The summed E-state index contributed by atoms with van der Waals surface area (Å²) in [6.45, 7) is 1.30. The van der Waals surface area contributed by atoms with Crippen molar-refractivity contribution >= 4 is 23.3 Å². The van der Waals surface area contributed by atoms with Crippen LogP contribution < -0.4 is 10.9 Å². The van der Waals surface area contributed by atoms with Crippen molar-refractivity contribution in [3.63, 3.8) is 0 Å². The number of rotatable bonds is 5. The summed E-state index contributed by atoms with van der Waals surface area (Å²) in [7, 11) is 0. The highest BCUT2D eigenvalue weighted by atomic mass is 35.5. The predicted octanol–water partition coefficient (Wildman–Crippen LogP) is 3.59. The average Bonchev–Trinajstić information content (AvgIpc) is 3.27. The number of hydrogen-bond donors (Lipinski definition) is 2. The molecule has 1 unspecified atom stereocenters. The fourth-order valence-corrected chi connectivity index (χ4v) is 5.58. The Hall–Kier alpha value is -4.85. The maximum absolute atomic E-state index is 15.4. The van der Waals surface area contributed by atoms with Crippen molar-refractivity contribution < 1.29 is 13.6 Å². The molecule has 5 heterocycles. The first kappa shape index (κ1) is 25.1. The van der Waals surface area contributed by atoms with Crippen LogP contribution in [0.3, 0.4) is 0 Å². The van der Waals surface area contributed by atoms with E-state index in [0.29, 0.717) is 23.8 Å². The molecule has 15 heteroatoms. The summed E-state index contributed by atoms with van der Waals surface area (Å²) in [5.74, 6) is -0.831. The minimum Gasteiger partial charge on any atom is -0.340 e. The Morgan fingerprint density at radius 1 is 1.20 bits per heavy atom. The van der Waals surface area contributed by atoms with Gasteiger partial charge in [0.05, 0.1) is 45.5 Å². The highest BCUT2D eigenvalue weighted by Crippen LogP contribution is 2.58. The number of carbonyl (C=O) groups is 1. The van der Waals surface area contributed by atoms with E-state index in [1.54, 1.807) is 10.6 Å². The van der Waals surface area contributed by atoms with E-state index in [0.717, 1.165) is 12.8 Å². The maximum atomic E-state index is 15.4. The second kappa shape index (κ2) is 9.09. The van der Waals surface area contributed by atoms with Crippen molar-refractivity contribution in [1.29, 1.82) is 0 Å². The van der Waals surface area contributed by atoms with Crippen LogP contribution in [-0.4, -0.2) is 50.6 Å². The van der Waals surface area contributed by atoms with E-state index in [-0.39, 0.29) is 44.7 Å². The second-order valence-corrected chi connectivity index (χ2v) is 10.5. The number of hydrogen-bond acceptors (Lipinski definition) is 8. The Bertz CT molecular complexity index is 1920. The monoisotopic (exact) mass is 576 g/mol. The van der Waals surface area contributed by atoms with E-state index in [1.807, 2.05) is 0 Å². The molecule has 0 bridgehead atoms. The molecule has 5 aromatic rings. The minimum absolute atomic E-state index is 0.00974. The standard InChI is InChI=1S/C26H19ClF2N10O2/c1-12(40)32-19-5-2-13(23(29)35-19)16-10-30-24(33-16)18-9-26(6-7-26)25-34-15(8-20(41)39(18)25)21-17(38-11-31-36-37-38)4-3-14(27)22(21)28/h2-5,8,10-11,18H,6-7,9H2,1H3,(H,30,33)(H,32,35,40). The maximum Gasteiger partial charge on any atom is 0.254 e. The molecule has 1 fully saturated rings. The van der Waals surface area contributed by atoms with Gasteiger partial charge in [-0.25, -0.2) is 19.3 Å². The summed E-state index contributed by atoms with van der Waals surface area (Å²) in [5.41, 5.74) is 0.160. The number of carbonyl (C=O) groups excluding carboxylic acids is 1. The number of H-pyrrole nitrogens is 1. The third-order valence-electron chi connectivity index (χ3n) is 7.45. The number of halogens is 3. The van der Waals surface area contributed by atoms with Crippen molar-refractivity contribution in [2.45, 2.75) is 37.6 Å². The molecule has 4 aromatic heterocycles. The highest BCUT2D eigenvalue weighted by molar-refractivity contribution is 6.31. The van der Waals surface area contributed by atoms with Gasteiger partial charge in [-0.2, -0.15) is 9.07 Å². The Kier molecular flexibility index (Phi) is 5.57. The van der Waals surface area contributed by atoms with Gasteiger partial charge in [0.1, 0.15) is 23.8 Å². The first-order valence-corrected chi connectivity index (χ1v) is 13.0. The van der Waals surface area contributed by atoms with Crippen LogP contribution in [0.25, 0.3) is 28.2 Å². The van der Waals surface area contributed by atoms with E-state index in [4.69, 9.17) is 16.6 Å². The van der Waals surface area contributed by atoms with Gasteiger partial charge in [0.25, 0.3) is 5.56 Å². The van der Waals surface area contributed by atoms with Gasteiger partial charge in [-0.1, -0.05) is 11.6 Å². The molecule has 12 nitrogen and oxygen atoms in total. The van der Waals surface area contributed by atoms with Crippen molar-refractivity contribution in [2.75, 3.05) is 5.32 Å². The van der Waals surface area contributed by atoms with E-state index in [1.165, 1.54) is 48.4 Å². The largest absolute Gasteiger partial charge is 0.340 e. The molecule has 1 atom stereocenters. The van der Waals surface area contributed by atoms with Crippen LogP contribution in [0.15, 0.2) is 47.7 Å². The zero-order valence-corrected chi connectivity index (χ0v) is 22.0. The summed E-state index contributed by atoms with van der Waals surface area (Å²) < 4.78 is 33.0. The van der Waals surface area contributed by atoms with Gasteiger partial charge in [-0.15, -0.1) is 5.10 Å². The topological polar surface area (TPSA) is 149 Å². The number of aromatic nitrogens is 9. The highest BCUT2D eigenvalue weighted by Gasteiger charge is 2.55. The quantitative estimate of drug-likeness (QED) is 0.301. The number of pyridine rings is 1. The van der Waals surface area contributed by atoms with E-state index >= 15 is 4.39 Å². The fourth-order valence-electron chi connectivity index (χ4n) is 5.42. The Labute approximate surface area is 234 Å². The van der Waals surface area contributed by atoms with Gasteiger partial charge in [0, 0.05) is 18.4 Å². The molecule has 1 aromatic carbocycles. The van der Waals surface area contributed by atoms with Crippen LogP contribution in [0, 0.1) is 11.8 Å². The Morgan fingerprint density at radius 3 is 2.73 bits per heavy atom. The lowest BCUT2D eigenvalue weighted by atomic mass is 10.0. The van der Waals surface area contributed by atoms with Crippen LogP contribution in [0.4, 0.5) is 14.6 Å². The molecule has 41 heavy (non-hydrogen) atoms. The molecule has 1 saturated carbocycles. The molecule has 2 N–H and O–H groups in total. The summed E-state index contributed by atoms with van der Waals surface area (Å²) in [6.07, 6.45) is 4.93. The Balaban J connectivity index is 1.30. The number of imidazole rings is 1. The van der Waals surface area contributed by atoms with Crippen molar-refractivity contribution in [1.82, 2.24) is 44.7 Å². The van der Waals surface area contributed by atoms with Crippen LogP contribution in [0.5, 0.6) is 0 Å². The summed E-state index contributed by atoms with van der Waals surface area (Å²) in [4.78, 5) is 41.1. The van der Waals surface area contributed by atoms with Crippen LogP contribution in [0.2, 0.25) is 5.02 Å². The molecular formula is C26H19ClF2N10O2. The average molecular weight is 577 g/mol. The predicted molar refractivity (Wildman–Crippen MR) is 141 cm³/mol. The minimum atomic E-state index is -0.789. The Morgan fingerprint density at radius 2 is 2.02 bits per heavy atom. The van der Waals surface area contributed by atoms with Gasteiger partial charge < -0.3 is 10.3 Å². The van der Waals surface area contributed by atoms with E-state index < -0.39 is 23.4 Å².